The Bertz CT molecular complexity index is 751. The molecule has 1 heterocycles. The van der Waals surface area contributed by atoms with E-state index >= 15 is 0 Å². The number of rotatable bonds is 5. The third-order valence-corrected chi connectivity index (χ3v) is 4.06. The first-order valence-corrected chi connectivity index (χ1v) is 7.92. The van der Waals surface area contributed by atoms with Gasteiger partial charge in [-0.2, -0.15) is 0 Å². The van der Waals surface area contributed by atoms with Crippen LogP contribution in [-0.4, -0.2) is 35.2 Å². The van der Waals surface area contributed by atoms with Crippen molar-refractivity contribution in [3.8, 4) is 0 Å². The monoisotopic (exact) mass is 322 g/mol. The van der Waals surface area contributed by atoms with Crippen molar-refractivity contribution in [3.63, 3.8) is 0 Å². The van der Waals surface area contributed by atoms with Gasteiger partial charge in [-0.1, -0.05) is 42.5 Å². The third-order valence-electron chi connectivity index (χ3n) is 4.06. The molecule has 1 aliphatic heterocycles. The number of likely N-dealkylation sites (N-methyl/N-ethyl adjacent to an activating group) is 1. The molecule has 0 saturated heterocycles. The Labute approximate surface area is 140 Å². The SMILES string of the molecule is CCNC(=O)[C@@H](Cc1ccccc1)N1C(=O)c2ccccc2C1=O. The first kappa shape index (κ1) is 15.9. The number of carbonyl (C=O) groups is 3. The Hall–Kier alpha value is -2.95. The van der Waals surface area contributed by atoms with E-state index in [1.54, 1.807) is 31.2 Å². The summed E-state index contributed by atoms with van der Waals surface area (Å²) in [6.45, 7) is 2.24. The van der Waals surface area contributed by atoms with Crippen LogP contribution in [0.5, 0.6) is 0 Å². The molecule has 3 rings (SSSR count). The fourth-order valence-corrected chi connectivity index (χ4v) is 2.92. The zero-order chi connectivity index (χ0) is 17.1. The Morgan fingerprint density at radius 1 is 0.958 bits per heavy atom. The van der Waals surface area contributed by atoms with Crippen LogP contribution >= 0.6 is 0 Å². The number of nitrogens with one attached hydrogen (secondary N) is 1. The predicted octanol–water partition coefficient (Wildman–Crippen LogP) is 2.03. The minimum Gasteiger partial charge on any atom is -0.355 e. The molecule has 5 nitrogen and oxygen atoms in total. The molecule has 2 aromatic rings. The van der Waals surface area contributed by atoms with E-state index in [2.05, 4.69) is 5.32 Å². The van der Waals surface area contributed by atoms with Crippen molar-refractivity contribution in [2.75, 3.05) is 6.54 Å². The van der Waals surface area contributed by atoms with E-state index in [1.165, 1.54) is 0 Å². The lowest BCUT2D eigenvalue weighted by Gasteiger charge is -2.25. The molecule has 24 heavy (non-hydrogen) atoms. The minimum atomic E-state index is -0.861. The zero-order valence-electron chi connectivity index (χ0n) is 13.4. The summed E-state index contributed by atoms with van der Waals surface area (Å²) in [4.78, 5) is 39.0. The van der Waals surface area contributed by atoms with Gasteiger partial charge in [-0.05, 0) is 24.6 Å². The maximum absolute atomic E-state index is 12.7. The number of nitrogens with zero attached hydrogens (tertiary/aromatic N) is 1. The number of imide groups is 1. The highest BCUT2D eigenvalue weighted by Crippen LogP contribution is 2.26. The second-order valence-electron chi connectivity index (χ2n) is 5.63. The number of benzene rings is 2. The minimum absolute atomic E-state index is 0.290. The van der Waals surface area contributed by atoms with E-state index in [9.17, 15) is 14.4 Å². The first-order chi connectivity index (χ1) is 11.6. The topological polar surface area (TPSA) is 66.5 Å². The number of hydrogen-bond donors (Lipinski definition) is 1. The van der Waals surface area contributed by atoms with Crippen molar-refractivity contribution in [1.82, 2.24) is 10.2 Å². The van der Waals surface area contributed by atoms with E-state index < -0.39 is 17.9 Å². The normalized spacial score (nSPS) is 14.5. The maximum Gasteiger partial charge on any atom is 0.262 e. The third kappa shape index (κ3) is 2.80. The summed E-state index contributed by atoms with van der Waals surface area (Å²) in [5.41, 5.74) is 1.60. The highest BCUT2D eigenvalue weighted by atomic mass is 16.2. The summed E-state index contributed by atoms with van der Waals surface area (Å²) in [6.07, 6.45) is 0.290. The first-order valence-electron chi connectivity index (χ1n) is 7.92. The van der Waals surface area contributed by atoms with Crippen molar-refractivity contribution in [2.45, 2.75) is 19.4 Å². The van der Waals surface area contributed by atoms with Gasteiger partial charge < -0.3 is 5.32 Å². The van der Waals surface area contributed by atoms with Crippen LogP contribution in [0, 0.1) is 0 Å². The van der Waals surface area contributed by atoms with Crippen LogP contribution in [0.2, 0.25) is 0 Å². The van der Waals surface area contributed by atoms with Crippen molar-refractivity contribution in [3.05, 3.63) is 71.3 Å². The van der Waals surface area contributed by atoms with E-state index in [4.69, 9.17) is 0 Å². The molecule has 0 fully saturated rings. The Kier molecular flexibility index (Phi) is 4.42. The summed E-state index contributed by atoms with van der Waals surface area (Å²) in [7, 11) is 0. The van der Waals surface area contributed by atoms with Crippen LogP contribution < -0.4 is 5.32 Å². The molecule has 0 aliphatic carbocycles. The van der Waals surface area contributed by atoms with Gasteiger partial charge in [0.25, 0.3) is 11.8 Å². The summed E-state index contributed by atoms with van der Waals surface area (Å²) in [6, 6.07) is 15.2. The van der Waals surface area contributed by atoms with Gasteiger partial charge in [-0.15, -0.1) is 0 Å². The molecule has 0 radical (unpaired) electrons. The second-order valence-corrected chi connectivity index (χ2v) is 5.63. The van der Waals surface area contributed by atoms with Crippen molar-refractivity contribution in [1.29, 1.82) is 0 Å². The van der Waals surface area contributed by atoms with Gasteiger partial charge >= 0.3 is 0 Å². The highest BCUT2D eigenvalue weighted by molar-refractivity contribution is 6.22. The van der Waals surface area contributed by atoms with Crippen LogP contribution in [0.3, 0.4) is 0 Å². The lowest BCUT2D eigenvalue weighted by atomic mass is 10.0. The van der Waals surface area contributed by atoms with Gasteiger partial charge in [-0.3, -0.25) is 19.3 Å². The van der Waals surface area contributed by atoms with Gasteiger partial charge in [0.2, 0.25) is 5.91 Å². The molecule has 3 amide bonds. The average Bonchev–Trinajstić information content (AvgIpc) is 2.86. The van der Waals surface area contributed by atoms with Crippen LogP contribution in [0.1, 0.15) is 33.2 Å². The van der Waals surface area contributed by atoms with Crippen LogP contribution in [0.4, 0.5) is 0 Å². The molecule has 2 aromatic carbocycles. The summed E-state index contributed by atoms with van der Waals surface area (Å²) in [5.74, 6) is -1.15. The fraction of sp³-hybridized carbons (Fsp3) is 0.211. The average molecular weight is 322 g/mol. The van der Waals surface area contributed by atoms with Crippen molar-refractivity contribution in [2.24, 2.45) is 0 Å². The quantitative estimate of drug-likeness (QED) is 0.857. The van der Waals surface area contributed by atoms with E-state index in [1.807, 2.05) is 30.3 Å². The smallest absolute Gasteiger partial charge is 0.262 e. The molecule has 0 spiro atoms. The molecule has 122 valence electrons. The van der Waals surface area contributed by atoms with E-state index in [-0.39, 0.29) is 12.3 Å². The molecular formula is C19H18N2O3. The maximum atomic E-state index is 12.7. The molecule has 0 saturated carbocycles. The van der Waals surface area contributed by atoms with Gasteiger partial charge in [0.05, 0.1) is 11.1 Å². The number of hydrogen-bond acceptors (Lipinski definition) is 3. The van der Waals surface area contributed by atoms with Gasteiger partial charge in [0.15, 0.2) is 0 Å². The molecule has 0 bridgehead atoms. The Morgan fingerprint density at radius 2 is 1.50 bits per heavy atom. The fourth-order valence-electron chi connectivity index (χ4n) is 2.92. The molecule has 5 heteroatoms. The zero-order valence-corrected chi connectivity index (χ0v) is 13.4. The molecule has 0 unspecified atom stereocenters. The molecule has 1 N–H and O–H groups in total. The van der Waals surface area contributed by atoms with Crippen LogP contribution in [0.15, 0.2) is 54.6 Å². The largest absolute Gasteiger partial charge is 0.355 e. The summed E-state index contributed by atoms with van der Waals surface area (Å²) < 4.78 is 0. The van der Waals surface area contributed by atoms with Crippen LogP contribution in [-0.2, 0) is 11.2 Å². The Balaban J connectivity index is 1.96. The predicted molar refractivity (Wildman–Crippen MR) is 89.6 cm³/mol. The van der Waals surface area contributed by atoms with Gasteiger partial charge in [0, 0.05) is 13.0 Å². The van der Waals surface area contributed by atoms with Crippen molar-refractivity contribution < 1.29 is 14.4 Å². The highest BCUT2D eigenvalue weighted by Gasteiger charge is 2.42. The number of fused-ring (bicyclic) bond motifs is 1. The molecular weight excluding hydrogens is 304 g/mol. The second kappa shape index (κ2) is 6.66. The van der Waals surface area contributed by atoms with Gasteiger partial charge in [-0.25, -0.2) is 0 Å². The van der Waals surface area contributed by atoms with Gasteiger partial charge in [0.1, 0.15) is 6.04 Å². The molecule has 0 aromatic heterocycles. The van der Waals surface area contributed by atoms with Crippen molar-refractivity contribution >= 4 is 17.7 Å². The molecule has 1 aliphatic rings. The van der Waals surface area contributed by atoms with Crippen LogP contribution in [0.25, 0.3) is 0 Å². The number of amides is 3. The lowest BCUT2D eigenvalue weighted by Crippen LogP contribution is -2.50. The Morgan fingerprint density at radius 3 is 2.04 bits per heavy atom. The van der Waals surface area contributed by atoms with E-state index in [0.29, 0.717) is 17.7 Å². The summed E-state index contributed by atoms with van der Waals surface area (Å²) >= 11 is 0. The standard InChI is InChI=1S/C19H18N2O3/c1-2-20-17(22)16(12-13-8-4-3-5-9-13)21-18(23)14-10-6-7-11-15(14)19(21)24/h3-11,16H,2,12H2,1H3,(H,20,22)/t16-/m1/s1. The summed E-state index contributed by atoms with van der Waals surface area (Å²) in [5, 5.41) is 2.73. The lowest BCUT2D eigenvalue weighted by molar-refractivity contribution is -0.124. The molecule has 1 atom stereocenters. The van der Waals surface area contributed by atoms with E-state index in [0.717, 1.165) is 10.5 Å². The number of carbonyl (C=O) groups excluding carboxylic acids is 3.